The Bertz CT molecular complexity index is 527. The lowest BCUT2D eigenvalue weighted by Gasteiger charge is -2.44. The molecule has 2 aliphatic rings. The van der Waals surface area contributed by atoms with Gasteiger partial charge >= 0.3 is 0 Å². The summed E-state index contributed by atoms with van der Waals surface area (Å²) in [6, 6.07) is 0.209. The maximum Gasteiger partial charge on any atom is 0.244 e. The largest absolute Gasteiger partial charge is 0.383 e. The summed E-state index contributed by atoms with van der Waals surface area (Å²) < 4.78 is 28.6. The molecule has 1 atom stereocenters. The van der Waals surface area contributed by atoms with Crippen molar-refractivity contribution in [1.82, 2.24) is 15.1 Å². The quantitative estimate of drug-likeness (QED) is 0.684. The number of carbonyl (C=O) groups is 1. The Labute approximate surface area is 163 Å². The second-order valence-electron chi connectivity index (χ2n) is 6.65. The van der Waals surface area contributed by atoms with Crippen LogP contribution in [-0.2, 0) is 19.4 Å². The Balaban J connectivity index is 0.00000288. The van der Waals surface area contributed by atoms with Crippen LogP contribution in [0.15, 0.2) is 0 Å². The second kappa shape index (κ2) is 10.3. The number of halogens is 2. The molecule has 7 nitrogen and oxygen atoms in total. The van der Waals surface area contributed by atoms with Gasteiger partial charge in [-0.15, -0.1) is 24.8 Å². The zero-order chi connectivity index (χ0) is 17.1. The van der Waals surface area contributed by atoms with Crippen LogP contribution in [-0.4, -0.2) is 94.2 Å². The Morgan fingerprint density at radius 3 is 2.32 bits per heavy atom. The third-order valence-electron chi connectivity index (χ3n) is 5.15. The molecule has 0 radical (unpaired) electrons. The van der Waals surface area contributed by atoms with E-state index in [1.54, 1.807) is 12.0 Å². The first kappa shape index (κ1) is 24.9. The molecule has 2 saturated heterocycles. The first-order chi connectivity index (χ1) is 10.8. The predicted molar refractivity (Wildman–Crippen MR) is 104 cm³/mol. The standard InChI is InChI=1S/C15H29N3O4S.2ClH/c1-13-12-18(9-8-17(13)10-11-22-2)14(19)15(23(3,20)21)4-6-16-7-5-15;;/h13,16H,4-12H2,1-3H3;2*1H. The molecular weight excluding hydrogens is 389 g/mol. The summed E-state index contributed by atoms with van der Waals surface area (Å²) in [6.07, 6.45) is 1.93. The van der Waals surface area contributed by atoms with Gasteiger partial charge in [0.25, 0.3) is 0 Å². The molecule has 0 aliphatic carbocycles. The van der Waals surface area contributed by atoms with Gasteiger partial charge in [-0.25, -0.2) is 8.42 Å². The van der Waals surface area contributed by atoms with Crippen molar-refractivity contribution in [3.05, 3.63) is 0 Å². The number of hydrogen-bond acceptors (Lipinski definition) is 6. The number of piperidine rings is 1. The van der Waals surface area contributed by atoms with E-state index in [2.05, 4.69) is 17.1 Å². The van der Waals surface area contributed by atoms with Crippen molar-refractivity contribution in [1.29, 1.82) is 0 Å². The minimum Gasteiger partial charge on any atom is -0.383 e. The maximum absolute atomic E-state index is 13.1. The van der Waals surface area contributed by atoms with Gasteiger partial charge in [0.15, 0.2) is 14.6 Å². The van der Waals surface area contributed by atoms with E-state index in [4.69, 9.17) is 4.74 Å². The lowest BCUT2D eigenvalue weighted by Crippen LogP contribution is -2.63. The molecular formula is C15H31Cl2N3O4S. The summed E-state index contributed by atoms with van der Waals surface area (Å²) in [6.45, 7) is 6.63. The van der Waals surface area contributed by atoms with E-state index in [-0.39, 0.29) is 36.8 Å². The van der Waals surface area contributed by atoms with E-state index >= 15 is 0 Å². The minimum absolute atomic E-state index is 0. The van der Waals surface area contributed by atoms with Gasteiger partial charge in [-0.3, -0.25) is 9.69 Å². The molecule has 1 unspecified atom stereocenters. The Morgan fingerprint density at radius 1 is 1.24 bits per heavy atom. The van der Waals surface area contributed by atoms with Gasteiger partial charge in [0.2, 0.25) is 5.91 Å². The van der Waals surface area contributed by atoms with Crippen LogP contribution in [0.25, 0.3) is 0 Å². The number of nitrogens with zero attached hydrogens (tertiary/aromatic N) is 2. The number of sulfone groups is 1. The number of carbonyl (C=O) groups excluding carboxylic acids is 1. The topological polar surface area (TPSA) is 79.0 Å². The van der Waals surface area contributed by atoms with E-state index < -0.39 is 14.6 Å². The van der Waals surface area contributed by atoms with Gasteiger partial charge in [0.1, 0.15) is 0 Å². The van der Waals surface area contributed by atoms with Crippen molar-refractivity contribution in [2.24, 2.45) is 0 Å². The van der Waals surface area contributed by atoms with Gasteiger partial charge in [-0.2, -0.15) is 0 Å². The molecule has 25 heavy (non-hydrogen) atoms. The third kappa shape index (κ3) is 5.43. The lowest BCUT2D eigenvalue weighted by atomic mass is 9.94. The summed E-state index contributed by atoms with van der Waals surface area (Å²) in [7, 11) is -1.77. The number of hydrogen-bond donors (Lipinski definition) is 1. The zero-order valence-electron chi connectivity index (χ0n) is 15.2. The average molecular weight is 420 g/mol. The molecule has 0 aromatic carbocycles. The third-order valence-corrected chi connectivity index (χ3v) is 7.15. The summed E-state index contributed by atoms with van der Waals surface area (Å²) in [5.41, 5.74) is 0. The molecule has 1 N–H and O–H groups in total. The molecule has 0 spiro atoms. The van der Waals surface area contributed by atoms with E-state index in [1.807, 2.05) is 0 Å². The highest BCUT2D eigenvalue weighted by Gasteiger charge is 2.51. The van der Waals surface area contributed by atoms with Crippen LogP contribution in [0.4, 0.5) is 0 Å². The van der Waals surface area contributed by atoms with Crippen LogP contribution in [0, 0.1) is 0 Å². The number of methoxy groups -OCH3 is 1. The molecule has 150 valence electrons. The van der Waals surface area contributed by atoms with Crippen molar-refractivity contribution < 1.29 is 17.9 Å². The van der Waals surface area contributed by atoms with Crippen molar-refractivity contribution in [3.63, 3.8) is 0 Å². The average Bonchev–Trinajstić information content (AvgIpc) is 2.52. The van der Waals surface area contributed by atoms with Gasteiger partial charge in [-0.1, -0.05) is 0 Å². The van der Waals surface area contributed by atoms with Crippen LogP contribution in [0.2, 0.25) is 0 Å². The molecule has 2 rings (SSSR count). The fraction of sp³-hybridized carbons (Fsp3) is 0.933. The van der Waals surface area contributed by atoms with Crippen LogP contribution in [0.3, 0.4) is 0 Å². The highest BCUT2D eigenvalue weighted by atomic mass is 35.5. The summed E-state index contributed by atoms with van der Waals surface area (Å²) >= 11 is 0. The van der Waals surface area contributed by atoms with Crippen LogP contribution < -0.4 is 5.32 Å². The molecule has 2 aliphatic heterocycles. The van der Waals surface area contributed by atoms with E-state index in [1.165, 1.54) is 6.26 Å². The summed E-state index contributed by atoms with van der Waals surface area (Å²) in [5, 5.41) is 3.15. The Hall–Kier alpha value is -0.120. The van der Waals surface area contributed by atoms with E-state index in [9.17, 15) is 13.2 Å². The highest BCUT2D eigenvalue weighted by molar-refractivity contribution is 7.92. The second-order valence-corrected chi connectivity index (χ2v) is 8.97. The van der Waals surface area contributed by atoms with Gasteiger partial charge in [-0.05, 0) is 32.9 Å². The molecule has 10 heteroatoms. The lowest BCUT2D eigenvalue weighted by molar-refractivity contribution is -0.137. The summed E-state index contributed by atoms with van der Waals surface area (Å²) in [4.78, 5) is 17.1. The van der Waals surface area contributed by atoms with Crippen molar-refractivity contribution in [2.75, 3.05) is 59.2 Å². The smallest absolute Gasteiger partial charge is 0.244 e. The molecule has 0 saturated carbocycles. The number of amides is 1. The molecule has 0 aromatic heterocycles. The van der Waals surface area contributed by atoms with Gasteiger partial charge in [0, 0.05) is 45.6 Å². The Kier molecular flexibility index (Phi) is 10.2. The van der Waals surface area contributed by atoms with Gasteiger partial charge in [0.05, 0.1) is 6.61 Å². The maximum atomic E-state index is 13.1. The van der Waals surface area contributed by atoms with E-state index in [0.717, 1.165) is 13.1 Å². The number of nitrogens with one attached hydrogen (secondary N) is 1. The molecule has 2 fully saturated rings. The van der Waals surface area contributed by atoms with Crippen molar-refractivity contribution in [3.8, 4) is 0 Å². The monoisotopic (exact) mass is 419 g/mol. The minimum atomic E-state index is -3.45. The van der Waals surface area contributed by atoms with E-state index in [0.29, 0.717) is 45.6 Å². The SMILES string of the molecule is COCCN1CCN(C(=O)C2(S(C)(=O)=O)CCNCC2)CC1C.Cl.Cl. The van der Waals surface area contributed by atoms with Gasteiger partial charge < -0.3 is 15.0 Å². The van der Waals surface area contributed by atoms with Crippen molar-refractivity contribution in [2.45, 2.75) is 30.6 Å². The number of ether oxygens (including phenoxy) is 1. The fourth-order valence-electron chi connectivity index (χ4n) is 3.58. The molecule has 0 bridgehead atoms. The number of piperazine rings is 1. The molecule has 1 amide bonds. The van der Waals surface area contributed by atoms with Crippen molar-refractivity contribution >= 4 is 40.6 Å². The van der Waals surface area contributed by atoms with Crippen LogP contribution in [0.1, 0.15) is 19.8 Å². The molecule has 0 aromatic rings. The normalized spacial score (nSPS) is 24.1. The Morgan fingerprint density at radius 2 is 1.84 bits per heavy atom. The number of rotatable bonds is 5. The first-order valence-electron chi connectivity index (χ1n) is 8.24. The summed E-state index contributed by atoms with van der Waals surface area (Å²) in [5.74, 6) is -0.209. The zero-order valence-corrected chi connectivity index (χ0v) is 17.6. The predicted octanol–water partition coefficient (Wildman–Crippen LogP) is 0.176. The fourth-order valence-corrected chi connectivity index (χ4v) is 4.97. The highest BCUT2D eigenvalue weighted by Crippen LogP contribution is 2.31. The van der Waals surface area contributed by atoms with Crippen LogP contribution in [0.5, 0.6) is 0 Å². The van der Waals surface area contributed by atoms with Crippen LogP contribution >= 0.6 is 24.8 Å². The first-order valence-corrected chi connectivity index (χ1v) is 10.1. The molecule has 2 heterocycles.